The first-order chi connectivity index (χ1) is 7.16. The summed E-state index contributed by atoms with van der Waals surface area (Å²) >= 11 is 0. The highest BCUT2D eigenvalue weighted by molar-refractivity contribution is 5.31. The Kier molecular flexibility index (Phi) is 2.96. The minimum Gasteiger partial charge on any atom is -0.491 e. The Labute approximate surface area is 91.4 Å². The highest BCUT2D eigenvalue weighted by Gasteiger charge is 2.28. The molecule has 2 nitrogen and oxygen atoms in total. The number of ether oxygens (including phenoxy) is 1. The molecule has 0 aliphatic heterocycles. The lowest BCUT2D eigenvalue weighted by Crippen LogP contribution is -2.37. The molecule has 0 aromatic heterocycles. The molecule has 2 N–H and O–H groups in total. The van der Waals surface area contributed by atoms with Gasteiger partial charge in [0.25, 0.3) is 0 Å². The van der Waals surface area contributed by atoms with Gasteiger partial charge in [0.15, 0.2) is 0 Å². The lowest BCUT2D eigenvalue weighted by atomic mass is 9.76. The van der Waals surface area contributed by atoms with E-state index in [1.807, 2.05) is 26.0 Å². The second-order valence-corrected chi connectivity index (χ2v) is 4.58. The van der Waals surface area contributed by atoms with E-state index in [0.29, 0.717) is 12.0 Å². The molecule has 2 rings (SSSR count). The molecule has 1 saturated carbocycles. The van der Waals surface area contributed by atoms with Gasteiger partial charge in [-0.3, -0.25) is 0 Å². The summed E-state index contributed by atoms with van der Waals surface area (Å²) in [5.41, 5.74) is 7.29. The van der Waals surface area contributed by atoms with Crippen molar-refractivity contribution in [2.45, 2.75) is 44.8 Å². The van der Waals surface area contributed by atoms with Crippen LogP contribution in [0.1, 0.15) is 38.2 Å². The van der Waals surface area contributed by atoms with Crippen LogP contribution in [-0.2, 0) is 0 Å². The molecule has 1 aliphatic carbocycles. The lowest BCUT2D eigenvalue weighted by molar-refractivity contribution is 0.242. The summed E-state index contributed by atoms with van der Waals surface area (Å²) in [5.74, 6) is 1.51. The largest absolute Gasteiger partial charge is 0.491 e. The highest BCUT2D eigenvalue weighted by atomic mass is 16.5. The third-order valence-electron chi connectivity index (χ3n) is 3.01. The second kappa shape index (κ2) is 4.23. The average molecular weight is 205 g/mol. The zero-order valence-corrected chi connectivity index (χ0v) is 9.44. The van der Waals surface area contributed by atoms with Crippen LogP contribution in [0.25, 0.3) is 0 Å². The molecule has 82 valence electrons. The van der Waals surface area contributed by atoms with E-state index >= 15 is 0 Å². The van der Waals surface area contributed by atoms with Crippen LogP contribution in [0.15, 0.2) is 24.3 Å². The predicted molar refractivity (Wildman–Crippen MR) is 62.2 cm³/mol. The minimum atomic E-state index is 0.238. The Bertz CT molecular complexity index is 318. The van der Waals surface area contributed by atoms with Gasteiger partial charge in [-0.2, -0.15) is 0 Å². The molecule has 1 aliphatic rings. The van der Waals surface area contributed by atoms with E-state index in [2.05, 4.69) is 12.1 Å². The Morgan fingerprint density at radius 1 is 1.20 bits per heavy atom. The van der Waals surface area contributed by atoms with Gasteiger partial charge in [0.05, 0.1) is 6.10 Å². The van der Waals surface area contributed by atoms with Gasteiger partial charge in [0.1, 0.15) is 5.75 Å². The summed E-state index contributed by atoms with van der Waals surface area (Å²) in [5, 5.41) is 0. The lowest BCUT2D eigenvalue weighted by Gasteiger charge is -2.34. The Balaban J connectivity index is 2.03. The van der Waals surface area contributed by atoms with Gasteiger partial charge in [0.2, 0.25) is 0 Å². The zero-order valence-electron chi connectivity index (χ0n) is 9.44. The Morgan fingerprint density at radius 2 is 1.87 bits per heavy atom. The van der Waals surface area contributed by atoms with Crippen LogP contribution in [-0.4, -0.2) is 12.1 Å². The molecule has 2 heteroatoms. The molecule has 15 heavy (non-hydrogen) atoms. The summed E-state index contributed by atoms with van der Waals surface area (Å²) in [4.78, 5) is 0. The van der Waals surface area contributed by atoms with Crippen molar-refractivity contribution in [3.63, 3.8) is 0 Å². The number of benzene rings is 1. The molecule has 1 fully saturated rings. The van der Waals surface area contributed by atoms with Crippen LogP contribution in [0, 0.1) is 0 Å². The minimum absolute atomic E-state index is 0.238. The first-order valence-corrected chi connectivity index (χ1v) is 5.69. The van der Waals surface area contributed by atoms with Crippen molar-refractivity contribution >= 4 is 0 Å². The van der Waals surface area contributed by atoms with Gasteiger partial charge in [-0.1, -0.05) is 12.1 Å². The quantitative estimate of drug-likeness (QED) is 0.823. The number of hydrogen-bond donors (Lipinski definition) is 1. The van der Waals surface area contributed by atoms with Gasteiger partial charge in [-0.05, 0) is 50.3 Å². The van der Waals surface area contributed by atoms with Crippen LogP contribution in [0.4, 0.5) is 0 Å². The van der Waals surface area contributed by atoms with Crippen molar-refractivity contribution in [2.75, 3.05) is 0 Å². The molecule has 0 radical (unpaired) electrons. The highest BCUT2D eigenvalue weighted by Crippen LogP contribution is 2.35. The number of hydrogen-bond acceptors (Lipinski definition) is 2. The van der Waals surface area contributed by atoms with Crippen LogP contribution in [0.5, 0.6) is 5.75 Å². The van der Waals surface area contributed by atoms with E-state index in [1.54, 1.807) is 0 Å². The van der Waals surface area contributed by atoms with Crippen molar-refractivity contribution in [1.29, 1.82) is 0 Å². The molecule has 1 aromatic rings. The zero-order chi connectivity index (χ0) is 10.8. The van der Waals surface area contributed by atoms with Gasteiger partial charge in [-0.25, -0.2) is 0 Å². The summed E-state index contributed by atoms with van der Waals surface area (Å²) < 4.78 is 5.60. The fourth-order valence-corrected chi connectivity index (χ4v) is 2.01. The van der Waals surface area contributed by atoms with E-state index in [1.165, 1.54) is 12.0 Å². The van der Waals surface area contributed by atoms with Gasteiger partial charge in [0, 0.05) is 6.04 Å². The maximum atomic E-state index is 5.94. The maximum absolute atomic E-state index is 5.94. The maximum Gasteiger partial charge on any atom is 0.119 e. The molecule has 2 atom stereocenters. The molecule has 0 saturated heterocycles. The van der Waals surface area contributed by atoms with Crippen molar-refractivity contribution < 1.29 is 4.74 Å². The molecular formula is C13H19NO. The molecular weight excluding hydrogens is 186 g/mol. The average Bonchev–Trinajstić information content (AvgIpc) is 2.18. The van der Waals surface area contributed by atoms with Crippen LogP contribution < -0.4 is 10.5 Å². The molecule has 0 bridgehead atoms. The van der Waals surface area contributed by atoms with E-state index in [4.69, 9.17) is 10.5 Å². The summed E-state index contributed by atoms with van der Waals surface area (Å²) in [6.45, 7) is 4.07. The fraction of sp³-hybridized carbons (Fsp3) is 0.538. The SMILES string of the molecule is CC(C)Oc1ccc(C2CCC2N)cc1. The molecule has 2 unspecified atom stereocenters. The summed E-state index contributed by atoms with van der Waals surface area (Å²) in [7, 11) is 0. The summed E-state index contributed by atoms with van der Waals surface area (Å²) in [6.07, 6.45) is 2.63. The van der Waals surface area contributed by atoms with Crippen molar-refractivity contribution in [1.82, 2.24) is 0 Å². The third-order valence-corrected chi connectivity index (χ3v) is 3.01. The first-order valence-electron chi connectivity index (χ1n) is 5.69. The Morgan fingerprint density at radius 3 is 2.27 bits per heavy atom. The smallest absolute Gasteiger partial charge is 0.119 e. The molecule has 0 amide bonds. The van der Waals surface area contributed by atoms with E-state index in [-0.39, 0.29) is 6.10 Å². The van der Waals surface area contributed by atoms with E-state index in [9.17, 15) is 0 Å². The van der Waals surface area contributed by atoms with E-state index in [0.717, 1.165) is 12.2 Å². The van der Waals surface area contributed by atoms with Crippen molar-refractivity contribution in [2.24, 2.45) is 5.73 Å². The number of nitrogens with two attached hydrogens (primary N) is 1. The Hall–Kier alpha value is -1.02. The predicted octanol–water partition coefficient (Wildman–Crippen LogP) is 2.68. The molecule has 1 aromatic carbocycles. The van der Waals surface area contributed by atoms with Crippen molar-refractivity contribution in [3.05, 3.63) is 29.8 Å². The second-order valence-electron chi connectivity index (χ2n) is 4.58. The van der Waals surface area contributed by atoms with Crippen LogP contribution >= 0.6 is 0 Å². The third kappa shape index (κ3) is 2.32. The monoisotopic (exact) mass is 205 g/mol. The molecule has 0 heterocycles. The normalized spacial score (nSPS) is 25.1. The summed E-state index contributed by atoms with van der Waals surface area (Å²) in [6, 6.07) is 8.73. The fourth-order valence-electron chi connectivity index (χ4n) is 2.01. The van der Waals surface area contributed by atoms with E-state index < -0.39 is 0 Å². The van der Waals surface area contributed by atoms with Gasteiger partial charge in [-0.15, -0.1) is 0 Å². The molecule has 0 spiro atoms. The van der Waals surface area contributed by atoms with Gasteiger partial charge < -0.3 is 10.5 Å². The first kappa shape index (κ1) is 10.5. The van der Waals surface area contributed by atoms with Crippen molar-refractivity contribution in [3.8, 4) is 5.75 Å². The standard InChI is InChI=1S/C13H19NO/c1-9(2)15-11-5-3-10(4-6-11)12-7-8-13(12)14/h3-6,9,12-13H,7-8,14H2,1-2H3. The van der Waals surface area contributed by atoms with Gasteiger partial charge >= 0.3 is 0 Å². The van der Waals surface area contributed by atoms with Crippen LogP contribution in [0.3, 0.4) is 0 Å². The van der Waals surface area contributed by atoms with Crippen LogP contribution in [0.2, 0.25) is 0 Å². The number of rotatable bonds is 3. The topological polar surface area (TPSA) is 35.2 Å².